The van der Waals surface area contributed by atoms with Gasteiger partial charge in [0.1, 0.15) is 6.61 Å². The van der Waals surface area contributed by atoms with Crippen molar-refractivity contribution in [2.24, 2.45) is 0 Å². The summed E-state index contributed by atoms with van der Waals surface area (Å²) in [5.74, 6) is -1.37. The molecule has 2 aromatic rings. The lowest BCUT2D eigenvalue weighted by Gasteiger charge is -2.07. The molecule has 1 N–H and O–H groups in total. The summed E-state index contributed by atoms with van der Waals surface area (Å²) in [6, 6.07) is 14.1. The Morgan fingerprint density at radius 2 is 1.79 bits per heavy atom. The number of rotatable bonds is 11. The highest BCUT2D eigenvalue weighted by Crippen LogP contribution is 2.36. The Hall–Kier alpha value is -2.56. The Morgan fingerprint density at radius 1 is 1.10 bits per heavy atom. The molecule has 0 bridgehead atoms. The van der Waals surface area contributed by atoms with E-state index >= 15 is 0 Å². The zero-order valence-corrected chi connectivity index (χ0v) is 17.6. The van der Waals surface area contributed by atoms with Gasteiger partial charge in [-0.2, -0.15) is 0 Å². The average Bonchev–Trinajstić information content (AvgIpc) is 2.75. The summed E-state index contributed by atoms with van der Waals surface area (Å²) in [7, 11) is -0.695. The normalized spacial score (nSPS) is 12.3. The van der Waals surface area contributed by atoms with Crippen LogP contribution in [0, 0.1) is 0 Å². The highest BCUT2D eigenvalue weighted by molar-refractivity contribution is 7.40. The maximum atomic E-state index is 12.5. The predicted molar refractivity (Wildman–Crippen MR) is 111 cm³/mol. The molecule has 29 heavy (non-hydrogen) atoms. The van der Waals surface area contributed by atoms with E-state index in [1.807, 2.05) is 31.2 Å². The molecule has 0 saturated carbocycles. The topological polar surface area (TPSA) is 89.9 Å². The lowest BCUT2D eigenvalue weighted by Crippen LogP contribution is -2.12. The number of ether oxygens (including phenoxy) is 1. The van der Waals surface area contributed by atoms with Crippen molar-refractivity contribution >= 4 is 20.0 Å². The zero-order chi connectivity index (χ0) is 21.2. The number of carbonyl (C=O) groups is 2. The van der Waals surface area contributed by atoms with Gasteiger partial charge in [-0.15, -0.1) is 4.52 Å². The van der Waals surface area contributed by atoms with E-state index in [2.05, 4.69) is 0 Å². The number of carboxylic acids is 1. The number of aromatic carboxylic acids is 1. The molecule has 6 nitrogen and oxygen atoms in total. The summed E-state index contributed by atoms with van der Waals surface area (Å²) in [5, 5.41) is 9.34. The first-order chi connectivity index (χ1) is 14.0. The fourth-order valence-electron chi connectivity index (χ4n) is 2.94. The van der Waals surface area contributed by atoms with Gasteiger partial charge in [-0.1, -0.05) is 55.8 Å². The summed E-state index contributed by atoms with van der Waals surface area (Å²) in [4.78, 5) is 23.0. The predicted octanol–water partition coefficient (Wildman–Crippen LogP) is 5.43. The molecular weight excluding hydrogens is 391 g/mol. The van der Waals surface area contributed by atoms with Crippen LogP contribution in [0.15, 0.2) is 48.5 Å². The summed E-state index contributed by atoms with van der Waals surface area (Å²) in [6.45, 7) is 2.19. The molecule has 0 radical (unpaired) electrons. The van der Waals surface area contributed by atoms with E-state index in [1.54, 1.807) is 24.3 Å². The molecule has 154 valence electrons. The highest BCUT2D eigenvalue weighted by Gasteiger charge is 2.34. The van der Waals surface area contributed by atoms with Crippen LogP contribution in [0.3, 0.4) is 0 Å². The van der Waals surface area contributed by atoms with Gasteiger partial charge in [0.2, 0.25) is 0 Å². The second kappa shape index (κ2) is 11.4. The van der Waals surface area contributed by atoms with Crippen LogP contribution in [0.4, 0.5) is 0 Å². The lowest BCUT2D eigenvalue weighted by atomic mass is 9.99. The van der Waals surface area contributed by atoms with E-state index in [4.69, 9.17) is 9.26 Å². The second-order valence-corrected chi connectivity index (χ2v) is 8.24. The van der Waals surface area contributed by atoms with Crippen molar-refractivity contribution in [1.29, 1.82) is 0 Å². The first-order valence-corrected chi connectivity index (χ1v) is 10.8. The first-order valence-electron chi connectivity index (χ1n) is 9.54. The largest absolute Gasteiger partial charge is 0.512 e. The summed E-state index contributed by atoms with van der Waals surface area (Å²) in [5.41, 5.74) is 2.11. The third kappa shape index (κ3) is 6.77. The average molecular weight is 417 g/mol. The van der Waals surface area contributed by atoms with Crippen molar-refractivity contribution in [3.05, 3.63) is 59.7 Å². The molecule has 0 amide bonds. The van der Waals surface area contributed by atoms with Gasteiger partial charge in [0, 0.05) is 0 Å². The SMILES string of the molecule is CCCCC(CC(=O)OC)[P+](=O)OCc1ccc(-c2ccccc2C(=O)O)cc1. The van der Waals surface area contributed by atoms with Crippen molar-refractivity contribution in [3.63, 3.8) is 0 Å². The summed E-state index contributed by atoms with van der Waals surface area (Å²) in [6.07, 6.45) is 2.53. The number of esters is 1. The lowest BCUT2D eigenvalue weighted by molar-refractivity contribution is -0.140. The third-order valence-electron chi connectivity index (χ3n) is 4.60. The second-order valence-electron chi connectivity index (χ2n) is 6.68. The molecule has 2 atom stereocenters. The molecule has 0 heterocycles. The molecule has 2 rings (SSSR count). The van der Waals surface area contributed by atoms with Gasteiger partial charge < -0.3 is 9.84 Å². The summed E-state index contributed by atoms with van der Waals surface area (Å²) < 4.78 is 22.8. The van der Waals surface area contributed by atoms with E-state index < -0.39 is 14.0 Å². The minimum absolute atomic E-state index is 0.0800. The fourth-order valence-corrected chi connectivity index (χ4v) is 4.12. The molecule has 0 aliphatic rings. The van der Waals surface area contributed by atoms with Gasteiger partial charge in [-0.3, -0.25) is 4.79 Å². The maximum Gasteiger partial charge on any atom is 0.512 e. The number of carbonyl (C=O) groups excluding carboxylic acids is 1. The Balaban J connectivity index is 2.03. The van der Waals surface area contributed by atoms with E-state index in [9.17, 15) is 19.3 Å². The van der Waals surface area contributed by atoms with E-state index in [-0.39, 0.29) is 30.2 Å². The molecule has 0 aromatic heterocycles. The van der Waals surface area contributed by atoms with E-state index in [1.165, 1.54) is 7.11 Å². The van der Waals surface area contributed by atoms with Crippen LogP contribution >= 0.6 is 8.03 Å². The standard InChI is InChI=1S/C22H25O6P/c1-3-4-7-18(14-21(23)27-2)29(26)28-15-16-10-12-17(13-11-16)19-8-5-6-9-20(19)22(24)25/h5-6,8-13,18H,3-4,7,14-15H2,1-2H3/p+1. The van der Waals surface area contributed by atoms with Gasteiger partial charge in [0.25, 0.3) is 0 Å². The van der Waals surface area contributed by atoms with Crippen LogP contribution < -0.4 is 0 Å². The minimum atomic E-state index is -2.01. The smallest absolute Gasteiger partial charge is 0.478 e. The van der Waals surface area contributed by atoms with Gasteiger partial charge >= 0.3 is 20.0 Å². The highest BCUT2D eigenvalue weighted by atomic mass is 31.1. The van der Waals surface area contributed by atoms with Crippen LogP contribution in [0.1, 0.15) is 48.5 Å². The number of unbranched alkanes of at least 4 members (excludes halogenated alkanes) is 1. The van der Waals surface area contributed by atoms with Crippen molar-refractivity contribution in [1.82, 2.24) is 0 Å². The Labute approximate surface area is 171 Å². The zero-order valence-electron chi connectivity index (χ0n) is 16.7. The molecule has 0 saturated heterocycles. The number of hydrogen-bond donors (Lipinski definition) is 1. The Morgan fingerprint density at radius 3 is 2.41 bits per heavy atom. The number of methoxy groups -OCH3 is 1. The molecule has 0 aliphatic heterocycles. The van der Waals surface area contributed by atoms with Crippen LogP contribution in [-0.4, -0.2) is 29.8 Å². The Bertz CT molecular complexity index is 847. The number of hydrogen-bond acceptors (Lipinski definition) is 5. The fraction of sp³-hybridized carbons (Fsp3) is 0.364. The van der Waals surface area contributed by atoms with E-state index in [0.717, 1.165) is 24.0 Å². The quantitative estimate of drug-likeness (QED) is 0.387. The minimum Gasteiger partial charge on any atom is -0.478 e. The van der Waals surface area contributed by atoms with Crippen molar-refractivity contribution in [2.45, 2.75) is 44.9 Å². The molecule has 7 heteroatoms. The van der Waals surface area contributed by atoms with Gasteiger partial charge in [0.15, 0.2) is 5.66 Å². The van der Waals surface area contributed by atoms with Crippen LogP contribution in [0.5, 0.6) is 0 Å². The number of benzene rings is 2. The van der Waals surface area contributed by atoms with Crippen molar-refractivity contribution in [3.8, 4) is 11.1 Å². The van der Waals surface area contributed by atoms with Crippen molar-refractivity contribution in [2.75, 3.05) is 7.11 Å². The Kier molecular flexibility index (Phi) is 8.97. The summed E-state index contributed by atoms with van der Waals surface area (Å²) >= 11 is 0. The van der Waals surface area contributed by atoms with Gasteiger partial charge in [-0.25, -0.2) is 4.79 Å². The molecule has 0 aliphatic carbocycles. The molecule has 0 spiro atoms. The maximum absolute atomic E-state index is 12.5. The van der Waals surface area contributed by atoms with Crippen LogP contribution in [-0.2, 0) is 25.2 Å². The van der Waals surface area contributed by atoms with Crippen LogP contribution in [0.25, 0.3) is 11.1 Å². The van der Waals surface area contributed by atoms with Gasteiger partial charge in [0.05, 0.1) is 19.1 Å². The number of carboxylic acid groups (broad SMARTS) is 1. The molecule has 2 unspecified atom stereocenters. The monoisotopic (exact) mass is 417 g/mol. The van der Waals surface area contributed by atoms with Crippen molar-refractivity contribution < 1.29 is 28.5 Å². The van der Waals surface area contributed by atoms with Gasteiger partial charge in [-0.05, 0) is 40.2 Å². The first kappa shape index (κ1) is 22.7. The third-order valence-corrected chi connectivity index (χ3v) is 6.02. The van der Waals surface area contributed by atoms with E-state index in [0.29, 0.717) is 12.0 Å². The molecule has 2 aromatic carbocycles. The molecule has 0 fully saturated rings. The van der Waals surface area contributed by atoms with Crippen LogP contribution in [0.2, 0.25) is 0 Å². The molecular formula is C22H26O6P+.